The number of carbonyl (C=O) groups excluding carboxylic acids is 1. The Hall–Kier alpha value is -0.810. The predicted molar refractivity (Wildman–Crippen MR) is 83.6 cm³/mol. The van der Waals surface area contributed by atoms with Gasteiger partial charge in [0.2, 0.25) is 5.91 Å². The Balaban J connectivity index is 0.00000220. The fourth-order valence-electron chi connectivity index (χ4n) is 3.57. The average molecular weight is 319 g/mol. The number of carbonyl (C=O) groups is 2. The molecule has 0 spiro atoms. The van der Waals surface area contributed by atoms with Gasteiger partial charge in [-0.25, -0.2) is 0 Å². The summed E-state index contributed by atoms with van der Waals surface area (Å²) < 4.78 is 0. The molecule has 2 N–H and O–H groups in total. The van der Waals surface area contributed by atoms with Gasteiger partial charge in [0.1, 0.15) is 0 Å². The third-order valence-corrected chi connectivity index (χ3v) is 5.10. The van der Waals surface area contributed by atoms with Crippen molar-refractivity contribution in [2.75, 3.05) is 19.6 Å². The zero-order valence-corrected chi connectivity index (χ0v) is 14.0. The molecule has 21 heavy (non-hydrogen) atoms. The standard InChI is InChI=1S/C15H26N2O3.ClH/c1-4-14(2,3)16-12(18)9-17-8-11-6-5-7-15(11,10-17)13(19)20;/h11H,4-10H2,1-3H3,(H,16,18)(H,19,20);1H/t11-,15+;/m0./s1. The first-order valence-corrected chi connectivity index (χ1v) is 7.56. The van der Waals surface area contributed by atoms with Crippen LogP contribution in [-0.2, 0) is 9.59 Å². The van der Waals surface area contributed by atoms with E-state index in [2.05, 4.69) is 5.32 Å². The second kappa shape index (κ2) is 6.53. The van der Waals surface area contributed by atoms with Crippen molar-refractivity contribution in [1.82, 2.24) is 10.2 Å². The van der Waals surface area contributed by atoms with Crippen LogP contribution in [0.1, 0.15) is 46.5 Å². The van der Waals surface area contributed by atoms with Gasteiger partial charge in [-0.1, -0.05) is 13.3 Å². The van der Waals surface area contributed by atoms with E-state index in [1.54, 1.807) is 0 Å². The van der Waals surface area contributed by atoms with Crippen molar-refractivity contribution in [1.29, 1.82) is 0 Å². The number of rotatable bonds is 5. The molecule has 1 saturated heterocycles. The molecule has 1 aliphatic heterocycles. The zero-order valence-electron chi connectivity index (χ0n) is 13.1. The van der Waals surface area contributed by atoms with Crippen LogP contribution in [0.15, 0.2) is 0 Å². The van der Waals surface area contributed by atoms with Crippen molar-refractivity contribution in [3.8, 4) is 0 Å². The smallest absolute Gasteiger partial charge is 0.311 e. The summed E-state index contributed by atoms with van der Waals surface area (Å²) in [5, 5.41) is 12.5. The van der Waals surface area contributed by atoms with Crippen molar-refractivity contribution in [2.24, 2.45) is 11.3 Å². The Bertz CT molecular complexity index is 414. The molecule has 122 valence electrons. The number of amides is 1. The second-order valence-corrected chi connectivity index (χ2v) is 7.01. The highest BCUT2D eigenvalue weighted by Crippen LogP contribution is 2.48. The normalized spacial score (nSPS) is 28.8. The van der Waals surface area contributed by atoms with Crippen LogP contribution in [0, 0.1) is 11.3 Å². The molecule has 5 nitrogen and oxygen atoms in total. The van der Waals surface area contributed by atoms with Crippen LogP contribution >= 0.6 is 12.4 Å². The minimum absolute atomic E-state index is 0. The monoisotopic (exact) mass is 318 g/mol. The van der Waals surface area contributed by atoms with E-state index in [1.165, 1.54) is 0 Å². The van der Waals surface area contributed by atoms with E-state index in [-0.39, 0.29) is 29.8 Å². The molecule has 6 heteroatoms. The number of halogens is 1. The molecule has 0 unspecified atom stereocenters. The maximum Gasteiger partial charge on any atom is 0.311 e. The number of carboxylic acids is 1. The molecule has 2 atom stereocenters. The molecule has 0 radical (unpaired) electrons. The molecule has 1 saturated carbocycles. The molecular weight excluding hydrogens is 292 g/mol. The first-order chi connectivity index (χ1) is 9.29. The van der Waals surface area contributed by atoms with E-state index >= 15 is 0 Å². The fourth-order valence-corrected chi connectivity index (χ4v) is 3.57. The largest absolute Gasteiger partial charge is 0.481 e. The van der Waals surface area contributed by atoms with Gasteiger partial charge in [0, 0.05) is 18.6 Å². The number of nitrogens with zero attached hydrogens (tertiary/aromatic N) is 1. The average Bonchev–Trinajstić information content (AvgIpc) is 2.85. The SMILES string of the molecule is CCC(C)(C)NC(=O)CN1C[C@@H]2CCC[C@@]2(C(=O)O)C1.Cl. The summed E-state index contributed by atoms with van der Waals surface area (Å²) in [6.45, 7) is 7.62. The molecule has 0 aromatic heterocycles. The summed E-state index contributed by atoms with van der Waals surface area (Å²) in [4.78, 5) is 25.7. The number of likely N-dealkylation sites (tertiary alicyclic amines) is 1. The topological polar surface area (TPSA) is 69.6 Å². The van der Waals surface area contributed by atoms with Crippen molar-refractivity contribution < 1.29 is 14.7 Å². The van der Waals surface area contributed by atoms with Crippen molar-refractivity contribution >= 4 is 24.3 Å². The summed E-state index contributed by atoms with van der Waals surface area (Å²) in [6.07, 6.45) is 3.61. The van der Waals surface area contributed by atoms with E-state index < -0.39 is 11.4 Å². The number of hydrogen-bond donors (Lipinski definition) is 2. The number of aliphatic carboxylic acids is 1. The molecule has 1 aliphatic carbocycles. The lowest BCUT2D eigenvalue weighted by atomic mass is 9.81. The zero-order chi connectivity index (χ0) is 15.0. The highest BCUT2D eigenvalue weighted by molar-refractivity contribution is 5.85. The Labute approximate surface area is 132 Å². The van der Waals surface area contributed by atoms with Crippen LogP contribution in [0.4, 0.5) is 0 Å². The Morgan fingerprint density at radius 2 is 2.10 bits per heavy atom. The van der Waals surface area contributed by atoms with Gasteiger partial charge in [0.05, 0.1) is 12.0 Å². The van der Waals surface area contributed by atoms with Crippen LogP contribution < -0.4 is 5.32 Å². The summed E-state index contributed by atoms with van der Waals surface area (Å²) in [5.74, 6) is -0.471. The molecule has 2 rings (SSSR count). The number of fused-ring (bicyclic) bond motifs is 1. The van der Waals surface area contributed by atoms with Crippen LogP contribution in [0.3, 0.4) is 0 Å². The third kappa shape index (κ3) is 3.69. The maximum absolute atomic E-state index is 12.1. The van der Waals surface area contributed by atoms with Crippen LogP contribution in [-0.4, -0.2) is 47.1 Å². The van der Waals surface area contributed by atoms with Gasteiger partial charge < -0.3 is 10.4 Å². The fraction of sp³-hybridized carbons (Fsp3) is 0.867. The lowest BCUT2D eigenvalue weighted by Gasteiger charge is -2.27. The first-order valence-electron chi connectivity index (χ1n) is 7.56. The van der Waals surface area contributed by atoms with Crippen molar-refractivity contribution in [3.05, 3.63) is 0 Å². The van der Waals surface area contributed by atoms with Crippen LogP contribution in [0.5, 0.6) is 0 Å². The first kappa shape index (κ1) is 18.2. The van der Waals surface area contributed by atoms with E-state index in [0.29, 0.717) is 13.1 Å². The number of nitrogens with one attached hydrogen (secondary N) is 1. The summed E-state index contributed by atoms with van der Waals surface area (Å²) in [6, 6.07) is 0. The van der Waals surface area contributed by atoms with Gasteiger partial charge in [0.25, 0.3) is 0 Å². The summed E-state index contributed by atoms with van der Waals surface area (Å²) in [7, 11) is 0. The number of hydrogen-bond acceptors (Lipinski definition) is 3. The molecule has 0 bridgehead atoms. The molecular formula is C15H27ClN2O3. The predicted octanol–water partition coefficient (Wildman–Crippen LogP) is 1.90. The molecule has 1 amide bonds. The number of carboxylic acid groups (broad SMARTS) is 1. The molecule has 2 aliphatic rings. The minimum Gasteiger partial charge on any atom is -0.481 e. The van der Waals surface area contributed by atoms with E-state index in [4.69, 9.17) is 0 Å². The van der Waals surface area contributed by atoms with Gasteiger partial charge in [-0.2, -0.15) is 0 Å². The molecule has 1 heterocycles. The van der Waals surface area contributed by atoms with Gasteiger partial charge >= 0.3 is 5.97 Å². The second-order valence-electron chi connectivity index (χ2n) is 7.01. The third-order valence-electron chi connectivity index (χ3n) is 5.10. The van der Waals surface area contributed by atoms with Gasteiger partial charge in [-0.15, -0.1) is 12.4 Å². The Morgan fingerprint density at radius 1 is 1.43 bits per heavy atom. The summed E-state index contributed by atoms with van der Waals surface area (Å²) >= 11 is 0. The van der Waals surface area contributed by atoms with Gasteiger partial charge in [-0.3, -0.25) is 14.5 Å². The van der Waals surface area contributed by atoms with Gasteiger partial charge in [-0.05, 0) is 39.0 Å². The molecule has 0 aromatic carbocycles. The minimum atomic E-state index is -0.684. The Kier molecular flexibility index (Phi) is 5.67. The van der Waals surface area contributed by atoms with E-state index in [1.807, 2.05) is 25.7 Å². The highest BCUT2D eigenvalue weighted by Gasteiger charge is 2.54. The quantitative estimate of drug-likeness (QED) is 0.812. The molecule has 0 aromatic rings. The van der Waals surface area contributed by atoms with E-state index in [0.717, 1.165) is 32.2 Å². The lowest BCUT2D eigenvalue weighted by Crippen LogP contribution is -2.47. The Morgan fingerprint density at radius 3 is 2.62 bits per heavy atom. The van der Waals surface area contributed by atoms with Crippen LogP contribution in [0.2, 0.25) is 0 Å². The van der Waals surface area contributed by atoms with E-state index in [9.17, 15) is 14.7 Å². The van der Waals surface area contributed by atoms with Crippen molar-refractivity contribution in [2.45, 2.75) is 52.0 Å². The maximum atomic E-state index is 12.1. The molecule has 2 fully saturated rings. The van der Waals surface area contributed by atoms with Crippen molar-refractivity contribution in [3.63, 3.8) is 0 Å². The lowest BCUT2D eigenvalue weighted by molar-refractivity contribution is -0.149. The highest BCUT2D eigenvalue weighted by atomic mass is 35.5. The summed E-state index contributed by atoms with van der Waals surface area (Å²) in [5.41, 5.74) is -0.794. The van der Waals surface area contributed by atoms with Crippen LogP contribution in [0.25, 0.3) is 0 Å². The van der Waals surface area contributed by atoms with Gasteiger partial charge in [0.15, 0.2) is 0 Å².